The number of rotatable bonds is 5. The van der Waals surface area contributed by atoms with E-state index in [-0.39, 0.29) is 0 Å². The molecular weight excluding hydrogens is 134 g/mol. The fourth-order valence-electron chi connectivity index (χ4n) is 0.729. The fourth-order valence-corrected chi connectivity index (χ4v) is 0.729. The molecule has 1 atom stereocenters. The molecule has 0 spiro atoms. The molecule has 0 aliphatic rings. The van der Waals surface area contributed by atoms with E-state index in [4.69, 9.17) is 0 Å². The van der Waals surface area contributed by atoms with Crippen LogP contribution in [-0.2, 0) is 0 Å². The molecule has 0 aromatic heterocycles. The number of hydrogen-bond acceptors (Lipinski definition) is 1. The molecule has 1 unspecified atom stereocenters. The Hall–Kier alpha value is -0.0400. The molecule has 0 saturated carbocycles. The Balaban J connectivity index is 0. The van der Waals surface area contributed by atoms with Crippen molar-refractivity contribution in [1.82, 2.24) is 5.32 Å². The molecule has 1 heteroatoms. The summed E-state index contributed by atoms with van der Waals surface area (Å²) in [6, 6.07) is 0. The van der Waals surface area contributed by atoms with Crippen molar-refractivity contribution < 1.29 is 0 Å². The number of hydrogen-bond donors (Lipinski definition) is 1. The smallest absolute Gasteiger partial charge is 0.00465 e. The van der Waals surface area contributed by atoms with E-state index in [1.807, 2.05) is 13.8 Å². The largest absolute Gasteiger partial charge is 0.317 e. The highest BCUT2D eigenvalue weighted by Crippen LogP contribution is 2.03. The summed E-state index contributed by atoms with van der Waals surface area (Å²) in [5.41, 5.74) is 0. The van der Waals surface area contributed by atoms with Crippen LogP contribution in [-0.4, -0.2) is 13.1 Å². The summed E-state index contributed by atoms with van der Waals surface area (Å²) in [4.78, 5) is 0. The van der Waals surface area contributed by atoms with Gasteiger partial charge >= 0.3 is 0 Å². The highest BCUT2D eigenvalue weighted by molar-refractivity contribution is 4.51. The first-order valence-corrected chi connectivity index (χ1v) is 5.02. The SMILES string of the molecule is CC.CCNCCC(C)CC. The van der Waals surface area contributed by atoms with E-state index >= 15 is 0 Å². The second-order valence-electron chi connectivity index (χ2n) is 2.66. The first kappa shape index (κ1) is 13.5. The molecule has 70 valence electrons. The third-order valence-electron chi connectivity index (χ3n) is 1.76. The fraction of sp³-hybridized carbons (Fsp3) is 1.00. The highest BCUT2D eigenvalue weighted by atomic mass is 14.8. The van der Waals surface area contributed by atoms with E-state index in [1.54, 1.807) is 0 Å². The maximum absolute atomic E-state index is 3.31. The summed E-state index contributed by atoms with van der Waals surface area (Å²) in [7, 11) is 0. The van der Waals surface area contributed by atoms with Crippen molar-refractivity contribution >= 4 is 0 Å². The minimum Gasteiger partial charge on any atom is -0.317 e. The number of nitrogens with one attached hydrogen (secondary N) is 1. The molecule has 0 heterocycles. The molecular formula is C10H25N. The quantitative estimate of drug-likeness (QED) is 0.608. The van der Waals surface area contributed by atoms with Crippen LogP contribution in [0.4, 0.5) is 0 Å². The second kappa shape index (κ2) is 12.6. The zero-order valence-electron chi connectivity index (χ0n) is 8.91. The Labute approximate surface area is 72.6 Å². The van der Waals surface area contributed by atoms with Crippen LogP contribution in [0, 0.1) is 5.92 Å². The molecule has 0 aliphatic carbocycles. The van der Waals surface area contributed by atoms with Gasteiger partial charge in [-0.25, -0.2) is 0 Å². The summed E-state index contributed by atoms with van der Waals surface area (Å²) in [5, 5.41) is 3.31. The van der Waals surface area contributed by atoms with Crippen LogP contribution in [0.15, 0.2) is 0 Å². The summed E-state index contributed by atoms with van der Waals surface area (Å²) in [5.74, 6) is 0.893. The Morgan fingerprint density at radius 3 is 2.09 bits per heavy atom. The van der Waals surface area contributed by atoms with E-state index in [2.05, 4.69) is 26.1 Å². The predicted octanol–water partition coefficient (Wildman–Crippen LogP) is 3.06. The lowest BCUT2D eigenvalue weighted by atomic mass is 10.1. The third kappa shape index (κ3) is 13.0. The highest BCUT2D eigenvalue weighted by Gasteiger charge is 1.95. The molecule has 11 heavy (non-hydrogen) atoms. The molecule has 1 N–H and O–H groups in total. The van der Waals surface area contributed by atoms with Crippen molar-refractivity contribution in [3.05, 3.63) is 0 Å². The van der Waals surface area contributed by atoms with E-state index in [0.717, 1.165) is 12.5 Å². The van der Waals surface area contributed by atoms with Crippen molar-refractivity contribution in [3.63, 3.8) is 0 Å². The summed E-state index contributed by atoms with van der Waals surface area (Å²) in [6.45, 7) is 13.0. The van der Waals surface area contributed by atoms with Crippen molar-refractivity contribution in [2.45, 2.75) is 47.5 Å². The van der Waals surface area contributed by atoms with Crippen molar-refractivity contribution in [1.29, 1.82) is 0 Å². The van der Waals surface area contributed by atoms with Gasteiger partial charge in [-0.3, -0.25) is 0 Å². The second-order valence-corrected chi connectivity index (χ2v) is 2.66. The molecule has 0 radical (unpaired) electrons. The minimum absolute atomic E-state index is 0.893. The van der Waals surface area contributed by atoms with Gasteiger partial charge in [0, 0.05) is 0 Å². The van der Waals surface area contributed by atoms with Gasteiger partial charge in [0.25, 0.3) is 0 Å². The lowest BCUT2D eigenvalue weighted by Gasteiger charge is -2.06. The maximum Gasteiger partial charge on any atom is -0.00465 e. The zero-order chi connectivity index (χ0) is 9.11. The standard InChI is InChI=1S/C8H19N.C2H6/c1-4-8(3)6-7-9-5-2;1-2/h8-9H,4-7H2,1-3H3;1-2H3. The lowest BCUT2D eigenvalue weighted by Crippen LogP contribution is -2.16. The van der Waals surface area contributed by atoms with Gasteiger partial charge in [0.1, 0.15) is 0 Å². The van der Waals surface area contributed by atoms with Crippen LogP contribution in [0.3, 0.4) is 0 Å². The summed E-state index contributed by atoms with van der Waals surface area (Å²) in [6.07, 6.45) is 2.63. The van der Waals surface area contributed by atoms with E-state index in [0.29, 0.717) is 0 Å². The third-order valence-corrected chi connectivity index (χ3v) is 1.76. The summed E-state index contributed by atoms with van der Waals surface area (Å²) < 4.78 is 0. The molecule has 0 aromatic carbocycles. The van der Waals surface area contributed by atoms with Crippen LogP contribution < -0.4 is 5.32 Å². The molecule has 0 aromatic rings. The predicted molar refractivity (Wildman–Crippen MR) is 54.0 cm³/mol. The lowest BCUT2D eigenvalue weighted by molar-refractivity contribution is 0.493. The van der Waals surface area contributed by atoms with E-state index < -0.39 is 0 Å². The Bertz CT molecular complexity index is 52.8. The molecule has 0 aliphatic heterocycles. The van der Waals surface area contributed by atoms with Gasteiger partial charge in [-0.1, -0.05) is 41.0 Å². The van der Waals surface area contributed by atoms with Crippen molar-refractivity contribution in [3.8, 4) is 0 Å². The van der Waals surface area contributed by atoms with E-state index in [1.165, 1.54) is 19.4 Å². The molecule has 0 saturated heterocycles. The van der Waals surface area contributed by atoms with Crippen LogP contribution >= 0.6 is 0 Å². The van der Waals surface area contributed by atoms with Crippen molar-refractivity contribution in [2.24, 2.45) is 5.92 Å². The topological polar surface area (TPSA) is 12.0 Å². The van der Waals surface area contributed by atoms with Gasteiger partial charge in [-0.15, -0.1) is 0 Å². The van der Waals surface area contributed by atoms with Gasteiger partial charge in [0.05, 0.1) is 0 Å². The molecule has 0 fully saturated rings. The van der Waals surface area contributed by atoms with Crippen LogP contribution in [0.5, 0.6) is 0 Å². The minimum atomic E-state index is 0.893. The maximum atomic E-state index is 3.31. The van der Waals surface area contributed by atoms with Crippen LogP contribution in [0.2, 0.25) is 0 Å². The van der Waals surface area contributed by atoms with Gasteiger partial charge in [0.15, 0.2) is 0 Å². The van der Waals surface area contributed by atoms with Gasteiger partial charge in [-0.2, -0.15) is 0 Å². The molecule has 1 nitrogen and oxygen atoms in total. The first-order valence-electron chi connectivity index (χ1n) is 5.02. The monoisotopic (exact) mass is 159 g/mol. The van der Waals surface area contributed by atoms with Crippen molar-refractivity contribution in [2.75, 3.05) is 13.1 Å². The van der Waals surface area contributed by atoms with E-state index in [9.17, 15) is 0 Å². The summed E-state index contributed by atoms with van der Waals surface area (Å²) >= 11 is 0. The van der Waals surface area contributed by atoms with Gasteiger partial charge < -0.3 is 5.32 Å². The Morgan fingerprint density at radius 1 is 1.18 bits per heavy atom. The average molecular weight is 159 g/mol. The normalized spacial score (nSPS) is 11.7. The van der Waals surface area contributed by atoms with Crippen LogP contribution in [0.1, 0.15) is 47.5 Å². The van der Waals surface area contributed by atoms with Gasteiger partial charge in [0.2, 0.25) is 0 Å². The first-order chi connectivity index (χ1) is 5.31. The zero-order valence-corrected chi connectivity index (χ0v) is 8.91. The van der Waals surface area contributed by atoms with Crippen LogP contribution in [0.25, 0.3) is 0 Å². The molecule has 0 rings (SSSR count). The average Bonchev–Trinajstić information content (AvgIpc) is 2.08. The molecule has 0 amide bonds. The Kier molecular flexibility index (Phi) is 15.5. The Morgan fingerprint density at radius 2 is 1.73 bits per heavy atom. The molecule has 0 bridgehead atoms. The van der Waals surface area contributed by atoms with Gasteiger partial charge in [-0.05, 0) is 25.4 Å².